The molecule has 0 bridgehead atoms. The van der Waals surface area contributed by atoms with Gasteiger partial charge in [-0.2, -0.15) is 0 Å². The molecule has 7 nitrogen and oxygen atoms in total. The maximum atomic E-state index is 12.5. The predicted octanol–water partition coefficient (Wildman–Crippen LogP) is -0.0265. The van der Waals surface area contributed by atoms with E-state index in [0.717, 1.165) is 4.90 Å². The third-order valence-electron chi connectivity index (χ3n) is 3.67. The Hall–Kier alpha value is -2.54. The molecule has 2 N–H and O–H groups in total. The summed E-state index contributed by atoms with van der Waals surface area (Å²) in [5.41, 5.74) is 6.59. The van der Waals surface area contributed by atoms with Crippen molar-refractivity contribution in [3.8, 4) is 0 Å². The predicted molar refractivity (Wildman–Crippen MR) is 69.0 cm³/mol. The summed E-state index contributed by atoms with van der Waals surface area (Å²) in [5, 5.41) is 0. The number of hydrogen-bond acceptors (Lipinski definition) is 6. The van der Waals surface area contributed by atoms with Crippen molar-refractivity contribution < 1.29 is 23.9 Å². The van der Waals surface area contributed by atoms with Gasteiger partial charge in [-0.3, -0.25) is 19.3 Å². The minimum Gasteiger partial charge on any atom is -0.392 e. The van der Waals surface area contributed by atoms with Crippen molar-refractivity contribution in [2.24, 2.45) is 5.73 Å². The van der Waals surface area contributed by atoms with Crippen LogP contribution in [-0.2, 0) is 20.9 Å². The molecule has 0 saturated carbocycles. The number of nitrogens with two attached hydrogens (primary N) is 1. The molecule has 2 aliphatic heterocycles. The molecule has 2 aliphatic rings. The second kappa shape index (κ2) is 4.78. The van der Waals surface area contributed by atoms with Crippen LogP contribution in [0.25, 0.3) is 0 Å². The molecule has 2 heterocycles. The van der Waals surface area contributed by atoms with E-state index < -0.39 is 29.8 Å². The van der Waals surface area contributed by atoms with E-state index in [1.54, 1.807) is 12.1 Å². The first-order valence-electron chi connectivity index (χ1n) is 6.49. The highest BCUT2D eigenvalue weighted by Gasteiger charge is 2.46. The van der Waals surface area contributed by atoms with Crippen LogP contribution in [0.5, 0.6) is 0 Å². The molecular weight excluding hydrogens is 276 g/mol. The number of rotatable bonds is 2. The standard InChI is InChI=1S/C14H12N2O5/c15-6-7-2-1-3-8-11(7)13(19)16(12(8)18)9-4-5-10(17)21-14(9)20/h1-3,9H,4-6,15H2. The number of nitrogens with zero attached hydrogens (tertiary/aromatic N) is 1. The van der Waals surface area contributed by atoms with Crippen LogP contribution in [0, 0.1) is 0 Å². The quantitative estimate of drug-likeness (QED) is 0.465. The molecule has 1 aromatic rings. The molecule has 1 atom stereocenters. The molecule has 1 aromatic carbocycles. The van der Waals surface area contributed by atoms with Crippen LogP contribution < -0.4 is 5.73 Å². The summed E-state index contributed by atoms with van der Waals surface area (Å²) in [6.07, 6.45) is 0.0780. The van der Waals surface area contributed by atoms with Crippen molar-refractivity contribution in [2.45, 2.75) is 25.4 Å². The monoisotopic (exact) mass is 288 g/mol. The van der Waals surface area contributed by atoms with Crippen LogP contribution in [0.3, 0.4) is 0 Å². The van der Waals surface area contributed by atoms with Crippen molar-refractivity contribution in [3.63, 3.8) is 0 Å². The van der Waals surface area contributed by atoms with Gasteiger partial charge >= 0.3 is 11.9 Å². The van der Waals surface area contributed by atoms with Gasteiger partial charge in [-0.1, -0.05) is 12.1 Å². The lowest BCUT2D eigenvalue weighted by Gasteiger charge is -2.26. The molecule has 1 unspecified atom stereocenters. The zero-order valence-electron chi connectivity index (χ0n) is 11.0. The molecular formula is C14H12N2O5. The Bertz CT molecular complexity index is 682. The van der Waals surface area contributed by atoms with E-state index in [0.29, 0.717) is 5.56 Å². The van der Waals surface area contributed by atoms with E-state index in [4.69, 9.17) is 5.73 Å². The Morgan fingerprint density at radius 2 is 1.95 bits per heavy atom. The smallest absolute Gasteiger partial charge is 0.337 e. The van der Waals surface area contributed by atoms with E-state index in [1.807, 2.05) is 0 Å². The number of benzene rings is 1. The van der Waals surface area contributed by atoms with Gasteiger partial charge in [0.1, 0.15) is 6.04 Å². The van der Waals surface area contributed by atoms with Crippen molar-refractivity contribution in [1.29, 1.82) is 0 Å². The summed E-state index contributed by atoms with van der Waals surface area (Å²) in [7, 11) is 0. The number of esters is 2. The Morgan fingerprint density at radius 1 is 1.19 bits per heavy atom. The largest absolute Gasteiger partial charge is 0.392 e. The first-order valence-corrected chi connectivity index (χ1v) is 6.49. The number of carbonyl (C=O) groups is 4. The second-order valence-corrected chi connectivity index (χ2v) is 4.87. The SMILES string of the molecule is NCc1cccc2c1C(=O)N(C1CCC(=O)OC1=O)C2=O. The topological polar surface area (TPSA) is 107 Å². The van der Waals surface area contributed by atoms with Crippen LogP contribution in [0.4, 0.5) is 0 Å². The van der Waals surface area contributed by atoms with E-state index in [9.17, 15) is 19.2 Å². The van der Waals surface area contributed by atoms with Crippen LogP contribution in [0.1, 0.15) is 39.1 Å². The number of ether oxygens (including phenoxy) is 1. The lowest BCUT2D eigenvalue weighted by Crippen LogP contribution is -2.48. The molecule has 1 fully saturated rings. The van der Waals surface area contributed by atoms with Gasteiger partial charge in [-0.25, -0.2) is 4.79 Å². The first kappa shape index (κ1) is 13.4. The van der Waals surface area contributed by atoms with Crippen molar-refractivity contribution in [3.05, 3.63) is 34.9 Å². The highest BCUT2D eigenvalue weighted by Crippen LogP contribution is 2.30. The van der Waals surface area contributed by atoms with E-state index in [2.05, 4.69) is 4.74 Å². The molecule has 21 heavy (non-hydrogen) atoms. The third kappa shape index (κ3) is 1.93. The molecule has 3 rings (SSSR count). The van der Waals surface area contributed by atoms with E-state index >= 15 is 0 Å². The van der Waals surface area contributed by atoms with E-state index in [1.165, 1.54) is 6.07 Å². The highest BCUT2D eigenvalue weighted by atomic mass is 16.6. The Kier molecular flexibility index (Phi) is 3.06. The lowest BCUT2D eigenvalue weighted by atomic mass is 10.0. The zero-order chi connectivity index (χ0) is 15.1. The van der Waals surface area contributed by atoms with Crippen molar-refractivity contribution in [2.75, 3.05) is 0 Å². The van der Waals surface area contributed by atoms with Gasteiger partial charge in [0.25, 0.3) is 11.8 Å². The Morgan fingerprint density at radius 3 is 2.62 bits per heavy atom. The minimum atomic E-state index is -1.05. The van der Waals surface area contributed by atoms with Gasteiger partial charge in [0.2, 0.25) is 0 Å². The fourth-order valence-corrected chi connectivity index (χ4v) is 2.66. The maximum Gasteiger partial charge on any atom is 0.337 e. The molecule has 1 saturated heterocycles. The van der Waals surface area contributed by atoms with Gasteiger partial charge in [-0.15, -0.1) is 0 Å². The third-order valence-corrected chi connectivity index (χ3v) is 3.67. The fraction of sp³-hybridized carbons (Fsp3) is 0.286. The molecule has 108 valence electrons. The van der Waals surface area contributed by atoms with Gasteiger partial charge in [-0.05, 0) is 18.1 Å². The molecule has 0 spiro atoms. The number of cyclic esters (lactones) is 2. The van der Waals surface area contributed by atoms with Crippen LogP contribution in [0.2, 0.25) is 0 Å². The Labute approximate surface area is 119 Å². The number of carbonyl (C=O) groups excluding carboxylic acids is 4. The van der Waals surface area contributed by atoms with Gasteiger partial charge < -0.3 is 10.5 Å². The summed E-state index contributed by atoms with van der Waals surface area (Å²) in [6.45, 7) is 0.115. The van der Waals surface area contributed by atoms with Gasteiger partial charge in [0, 0.05) is 13.0 Å². The summed E-state index contributed by atoms with van der Waals surface area (Å²) in [5.74, 6) is -2.63. The number of hydrogen-bond donors (Lipinski definition) is 1. The Balaban J connectivity index is 2.00. The van der Waals surface area contributed by atoms with E-state index in [-0.39, 0.29) is 30.5 Å². The number of amides is 2. The molecule has 0 radical (unpaired) electrons. The number of fused-ring (bicyclic) bond motifs is 1. The summed E-state index contributed by atoms with van der Waals surface area (Å²) in [6, 6.07) is 3.77. The van der Waals surface area contributed by atoms with Crippen LogP contribution >= 0.6 is 0 Å². The van der Waals surface area contributed by atoms with Gasteiger partial charge in [0.15, 0.2) is 0 Å². The average molecular weight is 288 g/mol. The van der Waals surface area contributed by atoms with Crippen molar-refractivity contribution >= 4 is 23.8 Å². The highest BCUT2D eigenvalue weighted by molar-refractivity contribution is 6.23. The molecule has 7 heteroatoms. The average Bonchev–Trinajstić information content (AvgIpc) is 2.72. The van der Waals surface area contributed by atoms with Gasteiger partial charge in [0.05, 0.1) is 11.1 Å². The minimum absolute atomic E-state index is 0.00639. The second-order valence-electron chi connectivity index (χ2n) is 4.87. The van der Waals surface area contributed by atoms with Crippen LogP contribution in [0.15, 0.2) is 18.2 Å². The fourth-order valence-electron chi connectivity index (χ4n) is 2.66. The lowest BCUT2D eigenvalue weighted by molar-refractivity contribution is -0.167. The molecule has 2 amide bonds. The summed E-state index contributed by atoms with van der Waals surface area (Å²) < 4.78 is 4.51. The van der Waals surface area contributed by atoms with Crippen molar-refractivity contribution in [1.82, 2.24) is 4.90 Å². The molecule has 0 aliphatic carbocycles. The number of imide groups is 1. The first-order chi connectivity index (χ1) is 10.0. The maximum absolute atomic E-state index is 12.5. The van der Waals surface area contributed by atoms with Crippen LogP contribution in [-0.4, -0.2) is 34.7 Å². The zero-order valence-corrected chi connectivity index (χ0v) is 11.0. The normalized spacial score (nSPS) is 21.6. The summed E-state index contributed by atoms with van der Waals surface area (Å²) >= 11 is 0. The summed E-state index contributed by atoms with van der Waals surface area (Å²) in [4.78, 5) is 48.6. The molecule has 0 aromatic heterocycles.